The molecule has 0 aromatic heterocycles. The minimum absolute atomic E-state index is 0. The molecule has 0 aliphatic carbocycles. The highest BCUT2D eigenvalue weighted by Gasteiger charge is 2.21. The van der Waals surface area contributed by atoms with Crippen molar-refractivity contribution in [2.75, 3.05) is 6.54 Å². The van der Waals surface area contributed by atoms with Crippen LogP contribution in [-0.4, -0.2) is 12.7 Å². The first-order valence-electron chi connectivity index (χ1n) is 2.82. The van der Waals surface area contributed by atoms with Crippen LogP contribution in [0.15, 0.2) is 0 Å². The van der Waals surface area contributed by atoms with E-state index in [4.69, 9.17) is 5.73 Å². The lowest BCUT2D eigenvalue weighted by Gasteiger charge is -2.21. The first-order chi connectivity index (χ1) is 3.48. The largest absolute Gasteiger partial charge is 0.328 e. The van der Waals surface area contributed by atoms with Crippen molar-refractivity contribution in [3.05, 3.63) is 0 Å². The molecule has 0 rings (SSSR count). The maximum absolute atomic E-state index is 12.5. The summed E-state index contributed by atoms with van der Waals surface area (Å²) in [5.41, 5.74) is 4.80. The van der Waals surface area contributed by atoms with E-state index >= 15 is 0 Å². The molecular weight excluding hydrogens is 141 g/mol. The summed E-state index contributed by atoms with van der Waals surface area (Å²) in [6.45, 7) is 5.64. The highest BCUT2D eigenvalue weighted by molar-refractivity contribution is 5.85. The van der Waals surface area contributed by atoms with Gasteiger partial charge < -0.3 is 5.73 Å². The minimum Gasteiger partial charge on any atom is -0.328 e. The molecule has 2 N–H and O–H groups in total. The maximum Gasteiger partial charge on any atom is 0.117 e. The van der Waals surface area contributed by atoms with Gasteiger partial charge in [-0.05, 0) is 5.41 Å². The average molecular weight is 156 g/mol. The minimum atomic E-state index is -0.873. The summed E-state index contributed by atoms with van der Waals surface area (Å²) in [4.78, 5) is 0. The van der Waals surface area contributed by atoms with Crippen molar-refractivity contribution < 1.29 is 4.39 Å². The van der Waals surface area contributed by atoms with Gasteiger partial charge in [-0.1, -0.05) is 20.8 Å². The zero-order chi connectivity index (χ0) is 6.78. The number of rotatable bonds is 1. The topological polar surface area (TPSA) is 26.0 Å². The molecule has 1 atom stereocenters. The van der Waals surface area contributed by atoms with E-state index in [1.165, 1.54) is 0 Å². The van der Waals surface area contributed by atoms with Crippen molar-refractivity contribution in [1.29, 1.82) is 0 Å². The second kappa shape index (κ2) is 4.07. The summed E-state index contributed by atoms with van der Waals surface area (Å²) in [5, 5.41) is 0. The molecule has 0 aromatic carbocycles. The molecule has 0 saturated heterocycles. The molecule has 0 radical (unpaired) electrons. The highest BCUT2D eigenvalue weighted by atomic mass is 35.5. The van der Waals surface area contributed by atoms with E-state index in [1.807, 2.05) is 20.8 Å². The summed E-state index contributed by atoms with van der Waals surface area (Å²) in [6.07, 6.45) is -0.873. The van der Waals surface area contributed by atoms with Crippen molar-refractivity contribution in [2.45, 2.75) is 26.9 Å². The molecule has 58 valence electrons. The zero-order valence-corrected chi connectivity index (χ0v) is 6.96. The van der Waals surface area contributed by atoms with Gasteiger partial charge in [-0.25, -0.2) is 4.39 Å². The van der Waals surface area contributed by atoms with E-state index in [0.717, 1.165) is 0 Å². The lowest BCUT2D eigenvalue weighted by molar-refractivity contribution is 0.170. The van der Waals surface area contributed by atoms with Crippen LogP contribution in [0.5, 0.6) is 0 Å². The molecule has 0 bridgehead atoms. The van der Waals surface area contributed by atoms with Crippen molar-refractivity contribution in [1.82, 2.24) is 0 Å². The van der Waals surface area contributed by atoms with Crippen LogP contribution in [0.4, 0.5) is 4.39 Å². The van der Waals surface area contributed by atoms with Gasteiger partial charge in [0, 0.05) is 6.54 Å². The zero-order valence-electron chi connectivity index (χ0n) is 6.15. The van der Waals surface area contributed by atoms with Crippen LogP contribution in [0.1, 0.15) is 20.8 Å². The Bertz CT molecular complexity index is 69.9. The van der Waals surface area contributed by atoms with E-state index in [1.54, 1.807) is 0 Å². The number of hydrogen-bond donors (Lipinski definition) is 1. The Morgan fingerprint density at radius 3 is 1.78 bits per heavy atom. The SMILES string of the molecule is CC(C)(C)C(F)CN.Cl. The lowest BCUT2D eigenvalue weighted by Crippen LogP contribution is -2.29. The third-order valence-electron chi connectivity index (χ3n) is 1.15. The van der Waals surface area contributed by atoms with Crippen molar-refractivity contribution >= 4 is 12.4 Å². The normalized spacial score (nSPS) is 14.3. The van der Waals surface area contributed by atoms with Gasteiger partial charge in [0.2, 0.25) is 0 Å². The predicted molar refractivity (Wildman–Crippen MR) is 40.7 cm³/mol. The molecule has 3 heteroatoms. The Labute approximate surface area is 62.2 Å². The fraction of sp³-hybridized carbons (Fsp3) is 1.00. The molecule has 0 saturated carbocycles. The van der Waals surface area contributed by atoms with Gasteiger partial charge in [-0.15, -0.1) is 12.4 Å². The van der Waals surface area contributed by atoms with Crippen LogP contribution >= 0.6 is 12.4 Å². The van der Waals surface area contributed by atoms with E-state index < -0.39 is 6.17 Å². The van der Waals surface area contributed by atoms with E-state index in [-0.39, 0.29) is 24.4 Å². The molecule has 1 nitrogen and oxygen atoms in total. The number of halogens is 2. The smallest absolute Gasteiger partial charge is 0.117 e. The Hall–Kier alpha value is 0.180. The molecule has 0 aliphatic heterocycles. The van der Waals surface area contributed by atoms with Crippen LogP contribution in [0, 0.1) is 5.41 Å². The lowest BCUT2D eigenvalue weighted by atomic mass is 9.90. The molecular formula is C6H15ClFN. The number of hydrogen-bond acceptors (Lipinski definition) is 1. The van der Waals surface area contributed by atoms with Crippen LogP contribution in [0.25, 0.3) is 0 Å². The molecule has 0 amide bonds. The van der Waals surface area contributed by atoms with Gasteiger partial charge in [0.05, 0.1) is 0 Å². The van der Waals surface area contributed by atoms with E-state index in [0.29, 0.717) is 0 Å². The Morgan fingerprint density at radius 2 is 1.78 bits per heavy atom. The Kier molecular flexibility index (Phi) is 5.39. The first-order valence-corrected chi connectivity index (χ1v) is 2.82. The van der Waals surface area contributed by atoms with Crippen molar-refractivity contribution in [3.8, 4) is 0 Å². The summed E-state index contributed by atoms with van der Waals surface area (Å²) in [6, 6.07) is 0. The average Bonchev–Trinajstić information content (AvgIpc) is 1.62. The molecule has 9 heavy (non-hydrogen) atoms. The van der Waals surface area contributed by atoms with Gasteiger partial charge in [-0.3, -0.25) is 0 Å². The van der Waals surface area contributed by atoms with Crippen LogP contribution in [0.2, 0.25) is 0 Å². The third-order valence-corrected chi connectivity index (χ3v) is 1.15. The fourth-order valence-corrected chi connectivity index (χ4v) is 0.354. The fourth-order valence-electron chi connectivity index (χ4n) is 0.354. The van der Waals surface area contributed by atoms with Crippen molar-refractivity contribution in [3.63, 3.8) is 0 Å². The molecule has 0 aromatic rings. The summed E-state index contributed by atoms with van der Waals surface area (Å²) in [7, 11) is 0. The van der Waals surface area contributed by atoms with E-state index in [9.17, 15) is 4.39 Å². The molecule has 0 spiro atoms. The van der Waals surface area contributed by atoms with E-state index in [2.05, 4.69) is 0 Å². The standard InChI is InChI=1S/C6H14FN.ClH/c1-6(2,3)5(7)4-8;/h5H,4,8H2,1-3H3;1H. The number of alkyl halides is 1. The molecule has 0 heterocycles. The third kappa shape index (κ3) is 4.67. The second-order valence-corrected chi connectivity index (χ2v) is 3.07. The Morgan fingerprint density at radius 1 is 1.44 bits per heavy atom. The number of nitrogens with two attached hydrogens (primary N) is 1. The Balaban J connectivity index is 0. The summed E-state index contributed by atoms with van der Waals surface area (Å²) < 4.78 is 12.5. The monoisotopic (exact) mass is 155 g/mol. The molecule has 0 aliphatic rings. The quantitative estimate of drug-likeness (QED) is 0.614. The predicted octanol–water partition coefficient (Wildman–Crippen LogP) is 1.75. The summed E-state index contributed by atoms with van der Waals surface area (Å²) >= 11 is 0. The van der Waals surface area contributed by atoms with Crippen LogP contribution in [0.3, 0.4) is 0 Å². The second-order valence-electron chi connectivity index (χ2n) is 3.07. The van der Waals surface area contributed by atoms with Gasteiger partial charge in [-0.2, -0.15) is 0 Å². The van der Waals surface area contributed by atoms with Gasteiger partial charge in [0.15, 0.2) is 0 Å². The molecule has 1 unspecified atom stereocenters. The van der Waals surface area contributed by atoms with Crippen LogP contribution < -0.4 is 5.73 Å². The summed E-state index contributed by atoms with van der Waals surface area (Å²) in [5.74, 6) is 0. The molecule has 0 fully saturated rings. The first kappa shape index (κ1) is 11.9. The highest BCUT2D eigenvalue weighted by Crippen LogP contribution is 2.20. The van der Waals surface area contributed by atoms with Gasteiger partial charge in [0.1, 0.15) is 6.17 Å². The maximum atomic E-state index is 12.5. The van der Waals surface area contributed by atoms with Crippen LogP contribution in [-0.2, 0) is 0 Å². The van der Waals surface area contributed by atoms with Gasteiger partial charge >= 0.3 is 0 Å². The van der Waals surface area contributed by atoms with Crippen molar-refractivity contribution in [2.24, 2.45) is 11.1 Å². The van der Waals surface area contributed by atoms with Gasteiger partial charge in [0.25, 0.3) is 0 Å².